The summed E-state index contributed by atoms with van der Waals surface area (Å²) in [5.41, 5.74) is 4.64. The molecule has 0 unspecified atom stereocenters. The number of hydrogen-bond acceptors (Lipinski definition) is 7. The zero-order valence-electron chi connectivity index (χ0n) is 20.9. The number of fused-ring (bicyclic) bond motifs is 4. The molecule has 37 heavy (non-hydrogen) atoms. The minimum Gasteiger partial charge on any atom is -0.493 e. The smallest absolute Gasteiger partial charge is 0.251 e. The Balaban J connectivity index is 1.34. The number of aromatic nitrogens is 5. The van der Waals surface area contributed by atoms with Crippen molar-refractivity contribution in [1.29, 1.82) is 0 Å². The number of H-pyrrole nitrogens is 1. The number of ether oxygens (including phenoxy) is 2. The van der Waals surface area contributed by atoms with Gasteiger partial charge in [-0.15, -0.1) is 0 Å². The largest absolute Gasteiger partial charge is 0.493 e. The standard InChI is InChI=1S/C27H29N7O3/c1-33-9-8-19(16-33)30-26(35)18-5-4-17-6-7-22-20-13-23(28-15-24(20)32-31-22)21-14-29-34(2)27(21)37-11-3-10-36-25(17)12-18/h4-7,12-15,19H,3,8-11,16H2,1-2H3,(H,30,35)(H,31,32)/t19-/m0/s1. The summed E-state index contributed by atoms with van der Waals surface area (Å²) in [6.07, 6.45) is 9.06. The minimum absolute atomic E-state index is 0.0861. The van der Waals surface area contributed by atoms with E-state index in [1.165, 1.54) is 0 Å². The van der Waals surface area contributed by atoms with Crippen molar-refractivity contribution in [2.75, 3.05) is 33.4 Å². The highest BCUT2D eigenvalue weighted by molar-refractivity contribution is 5.96. The van der Waals surface area contributed by atoms with Crippen LogP contribution in [-0.2, 0) is 7.05 Å². The highest BCUT2D eigenvalue weighted by Crippen LogP contribution is 2.31. The van der Waals surface area contributed by atoms with E-state index in [0.29, 0.717) is 36.8 Å². The van der Waals surface area contributed by atoms with E-state index in [9.17, 15) is 4.79 Å². The van der Waals surface area contributed by atoms with Gasteiger partial charge in [-0.1, -0.05) is 6.07 Å². The van der Waals surface area contributed by atoms with Crippen LogP contribution in [0.4, 0.5) is 0 Å². The summed E-state index contributed by atoms with van der Waals surface area (Å²) in [6, 6.07) is 7.73. The lowest BCUT2D eigenvalue weighted by Gasteiger charge is -2.15. The SMILES string of the molecule is CN1CC[C@H](NC(=O)c2ccc3c(c2)OCCCOc2c(cnn2C)-c2cc4c(n[nH]c4cn2)C=C3)C1. The van der Waals surface area contributed by atoms with Crippen LogP contribution in [0.25, 0.3) is 34.3 Å². The van der Waals surface area contributed by atoms with Gasteiger partial charge in [0.25, 0.3) is 5.91 Å². The van der Waals surface area contributed by atoms with Crippen LogP contribution in [-0.4, -0.2) is 75.2 Å². The lowest BCUT2D eigenvalue weighted by atomic mass is 10.1. The zero-order valence-corrected chi connectivity index (χ0v) is 20.9. The van der Waals surface area contributed by atoms with E-state index in [4.69, 9.17) is 9.47 Å². The van der Waals surface area contributed by atoms with Crippen LogP contribution in [0.5, 0.6) is 11.6 Å². The molecule has 1 aromatic carbocycles. The molecule has 0 spiro atoms. The average Bonchev–Trinajstić information content (AvgIpc) is 3.60. The molecule has 2 aliphatic heterocycles. The fourth-order valence-electron chi connectivity index (χ4n) is 4.82. The van der Waals surface area contributed by atoms with Crippen molar-refractivity contribution in [2.24, 2.45) is 7.05 Å². The summed E-state index contributed by atoms with van der Waals surface area (Å²) < 4.78 is 14.0. The fourth-order valence-corrected chi connectivity index (χ4v) is 4.82. The molecule has 0 saturated carbocycles. The normalized spacial score (nSPS) is 17.9. The predicted molar refractivity (Wildman–Crippen MR) is 140 cm³/mol. The van der Waals surface area contributed by atoms with Crippen LogP contribution in [0.15, 0.2) is 36.7 Å². The number of nitrogens with zero attached hydrogens (tertiary/aromatic N) is 5. The van der Waals surface area contributed by atoms with E-state index < -0.39 is 0 Å². The number of rotatable bonds is 2. The Morgan fingerprint density at radius 1 is 1.14 bits per heavy atom. The maximum atomic E-state index is 13.0. The van der Waals surface area contributed by atoms with E-state index in [-0.39, 0.29) is 11.9 Å². The first kappa shape index (κ1) is 23.2. The monoisotopic (exact) mass is 499 g/mol. The van der Waals surface area contributed by atoms with E-state index in [2.05, 4.69) is 37.5 Å². The zero-order chi connectivity index (χ0) is 25.4. The third kappa shape index (κ3) is 4.67. The molecule has 2 aliphatic rings. The van der Waals surface area contributed by atoms with E-state index >= 15 is 0 Å². The van der Waals surface area contributed by atoms with Gasteiger partial charge >= 0.3 is 0 Å². The lowest BCUT2D eigenvalue weighted by Crippen LogP contribution is -2.36. The summed E-state index contributed by atoms with van der Waals surface area (Å²) in [7, 11) is 3.92. The number of likely N-dealkylation sites (N-methyl/N-ethyl adjacent to an activating group) is 1. The molecule has 1 amide bonds. The van der Waals surface area contributed by atoms with Crippen LogP contribution in [0.3, 0.4) is 0 Å². The Morgan fingerprint density at radius 3 is 2.89 bits per heavy atom. The van der Waals surface area contributed by atoms with Crippen LogP contribution in [0.2, 0.25) is 0 Å². The molecular formula is C27H29N7O3. The summed E-state index contributed by atoms with van der Waals surface area (Å²) >= 11 is 0. The van der Waals surface area contributed by atoms with Crippen molar-refractivity contribution < 1.29 is 14.3 Å². The number of likely N-dealkylation sites (tertiary alicyclic amines) is 1. The first-order chi connectivity index (χ1) is 18.0. The number of nitrogens with one attached hydrogen (secondary N) is 2. The Morgan fingerprint density at radius 2 is 2.03 bits per heavy atom. The average molecular weight is 500 g/mol. The van der Waals surface area contributed by atoms with Crippen molar-refractivity contribution >= 4 is 29.0 Å². The van der Waals surface area contributed by atoms with Gasteiger partial charge in [0.15, 0.2) is 0 Å². The van der Waals surface area contributed by atoms with Crippen molar-refractivity contribution in [3.63, 3.8) is 0 Å². The van der Waals surface area contributed by atoms with Crippen LogP contribution in [0, 0.1) is 0 Å². The van der Waals surface area contributed by atoms with Crippen molar-refractivity contribution in [3.05, 3.63) is 53.5 Å². The molecule has 1 fully saturated rings. The molecule has 0 aliphatic carbocycles. The number of carbonyl (C=O) groups excluding carboxylic acids is 1. The van der Waals surface area contributed by atoms with Crippen LogP contribution in [0.1, 0.15) is 34.5 Å². The van der Waals surface area contributed by atoms with Gasteiger partial charge in [-0.2, -0.15) is 10.2 Å². The molecule has 10 heteroatoms. The third-order valence-corrected chi connectivity index (χ3v) is 6.85. The van der Waals surface area contributed by atoms with Gasteiger partial charge in [0.05, 0.1) is 48.1 Å². The summed E-state index contributed by atoms with van der Waals surface area (Å²) in [5, 5.41) is 16.0. The quantitative estimate of drug-likeness (QED) is 0.436. The molecule has 6 rings (SSSR count). The van der Waals surface area contributed by atoms with Gasteiger partial charge in [0, 0.05) is 42.6 Å². The van der Waals surface area contributed by atoms with Crippen LogP contribution < -0.4 is 14.8 Å². The molecule has 5 heterocycles. The second-order valence-electron chi connectivity index (χ2n) is 9.57. The second kappa shape index (κ2) is 9.70. The molecule has 0 radical (unpaired) electrons. The summed E-state index contributed by atoms with van der Waals surface area (Å²) in [6.45, 7) is 2.74. The van der Waals surface area contributed by atoms with E-state index in [0.717, 1.165) is 52.9 Å². The number of aromatic amines is 1. The molecule has 10 nitrogen and oxygen atoms in total. The van der Waals surface area contributed by atoms with Crippen molar-refractivity contribution in [1.82, 2.24) is 35.2 Å². The van der Waals surface area contributed by atoms with Gasteiger partial charge < -0.3 is 19.7 Å². The number of benzene rings is 1. The van der Waals surface area contributed by atoms with E-state index in [1.54, 1.807) is 17.1 Å². The minimum atomic E-state index is -0.0861. The highest BCUT2D eigenvalue weighted by atomic mass is 16.5. The Labute approximate surface area is 214 Å². The second-order valence-corrected chi connectivity index (χ2v) is 9.57. The number of aryl methyl sites for hydroxylation is 1. The van der Waals surface area contributed by atoms with Gasteiger partial charge in [0.1, 0.15) is 5.75 Å². The number of hydrogen-bond donors (Lipinski definition) is 2. The molecule has 1 atom stereocenters. The maximum Gasteiger partial charge on any atom is 0.251 e. The molecule has 190 valence electrons. The van der Waals surface area contributed by atoms with Gasteiger partial charge in [-0.3, -0.25) is 14.9 Å². The lowest BCUT2D eigenvalue weighted by molar-refractivity contribution is 0.0938. The Kier molecular flexibility index (Phi) is 6.09. The molecule has 4 aromatic rings. The fraction of sp³-hybridized carbons (Fsp3) is 0.333. The Bertz CT molecular complexity index is 1490. The summed E-state index contributed by atoms with van der Waals surface area (Å²) in [4.78, 5) is 19.8. The van der Waals surface area contributed by atoms with Crippen LogP contribution >= 0.6 is 0 Å². The first-order valence-electron chi connectivity index (χ1n) is 12.5. The molecular weight excluding hydrogens is 470 g/mol. The molecule has 2 bridgehead atoms. The summed E-state index contributed by atoms with van der Waals surface area (Å²) in [5.74, 6) is 1.21. The number of pyridine rings is 1. The highest BCUT2D eigenvalue weighted by Gasteiger charge is 2.22. The van der Waals surface area contributed by atoms with E-state index in [1.807, 2.05) is 43.5 Å². The maximum absolute atomic E-state index is 13.0. The van der Waals surface area contributed by atoms with Crippen molar-refractivity contribution in [3.8, 4) is 22.9 Å². The molecule has 2 N–H and O–H groups in total. The number of carbonyl (C=O) groups is 1. The third-order valence-electron chi connectivity index (χ3n) is 6.85. The number of amides is 1. The Hall–Kier alpha value is -4.18. The van der Waals surface area contributed by atoms with Gasteiger partial charge in [0.2, 0.25) is 5.88 Å². The topological polar surface area (TPSA) is 110 Å². The van der Waals surface area contributed by atoms with Crippen molar-refractivity contribution in [2.45, 2.75) is 18.9 Å². The molecule has 3 aromatic heterocycles. The predicted octanol–water partition coefficient (Wildman–Crippen LogP) is 3.12. The first-order valence-corrected chi connectivity index (χ1v) is 12.5. The molecule has 1 saturated heterocycles. The van der Waals surface area contributed by atoms with Gasteiger partial charge in [-0.25, -0.2) is 4.68 Å². The van der Waals surface area contributed by atoms with Gasteiger partial charge in [-0.05, 0) is 50.4 Å².